The van der Waals surface area contributed by atoms with E-state index >= 15 is 0 Å². The Labute approximate surface area is 121 Å². The average Bonchev–Trinajstić information content (AvgIpc) is 2.36. The van der Waals surface area contributed by atoms with Gasteiger partial charge in [0, 0.05) is 12.2 Å². The third-order valence-corrected chi connectivity index (χ3v) is 5.51. The first-order valence-electron chi connectivity index (χ1n) is 6.57. The summed E-state index contributed by atoms with van der Waals surface area (Å²) < 4.78 is 23.7. The number of alkyl halides is 1. The monoisotopic (exact) mass is 303 g/mol. The maximum Gasteiger partial charge on any atom is 0.178 e. The van der Waals surface area contributed by atoms with Crippen LogP contribution in [0, 0.1) is 5.92 Å². The van der Waals surface area contributed by atoms with Crippen LogP contribution in [-0.4, -0.2) is 26.1 Å². The van der Waals surface area contributed by atoms with E-state index in [1.807, 2.05) is 6.92 Å². The Morgan fingerprint density at radius 2 is 1.79 bits per heavy atom. The van der Waals surface area contributed by atoms with Crippen molar-refractivity contribution in [2.45, 2.75) is 37.5 Å². The van der Waals surface area contributed by atoms with Gasteiger partial charge in [-0.2, -0.15) is 0 Å². The Balaban J connectivity index is 2.67. The standard InChI is InChI=1S/C14H22ClNO2S/c1-4-9-19(17,18)13-7-5-12(6-8-13)16-10-14(15)11(2)3/h5-8,11,14,16H,4,9-10H2,1-3H3. The summed E-state index contributed by atoms with van der Waals surface area (Å²) in [7, 11) is -3.13. The molecule has 0 aromatic heterocycles. The molecule has 0 bridgehead atoms. The molecule has 1 unspecified atom stereocenters. The highest BCUT2D eigenvalue weighted by Gasteiger charge is 2.13. The number of benzene rings is 1. The van der Waals surface area contributed by atoms with Crippen molar-refractivity contribution >= 4 is 27.1 Å². The van der Waals surface area contributed by atoms with Crippen molar-refractivity contribution in [3.05, 3.63) is 24.3 Å². The fourth-order valence-corrected chi connectivity index (χ4v) is 3.02. The Kier molecular flexibility index (Phi) is 6.14. The molecule has 1 aromatic carbocycles. The summed E-state index contributed by atoms with van der Waals surface area (Å²) in [6, 6.07) is 6.86. The first kappa shape index (κ1) is 16.3. The third kappa shape index (κ3) is 5.03. The van der Waals surface area contributed by atoms with E-state index in [0.717, 1.165) is 5.69 Å². The first-order chi connectivity index (χ1) is 8.86. The van der Waals surface area contributed by atoms with Crippen molar-refractivity contribution in [1.29, 1.82) is 0 Å². The molecule has 1 aromatic rings. The molecule has 108 valence electrons. The summed E-state index contributed by atoms with van der Waals surface area (Å²) in [5, 5.41) is 3.27. The summed E-state index contributed by atoms with van der Waals surface area (Å²) in [6.45, 7) is 6.67. The lowest BCUT2D eigenvalue weighted by Gasteiger charge is -2.15. The quantitative estimate of drug-likeness (QED) is 0.784. The minimum atomic E-state index is -3.13. The maximum atomic E-state index is 11.9. The molecule has 0 saturated carbocycles. The number of nitrogens with one attached hydrogen (secondary N) is 1. The molecule has 0 amide bonds. The summed E-state index contributed by atoms with van der Waals surface area (Å²) >= 11 is 6.15. The van der Waals surface area contributed by atoms with E-state index in [0.29, 0.717) is 23.8 Å². The van der Waals surface area contributed by atoms with Crippen LogP contribution in [0.1, 0.15) is 27.2 Å². The Hall–Kier alpha value is -0.740. The lowest BCUT2D eigenvalue weighted by atomic mass is 10.1. The molecule has 1 atom stereocenters. The molecular formula is C14H22ClNO2S. The summed E-state index contributed by atoms with van der Waals surface area (Å²) in [5.74, 6) is 0.593. The minimum absolute atomic E-state index is 0.0588. The molecule has 0 fully saturated rings. The van der Waals surface area contributed by atoms with Gasteiger partial charge in [0.05, 0.1) is 16.0 Å². The number of sulfone groups is 1. The second kappa shape index (κ2) is 7.15. The number of halogens is 1. The van der Waals surface area contributed by atoms with Crippen LogP contribution in [0.3, 0.4) is 0 Å². The zero-order valence-corrected chi connectivity index (χ0v) is 13.3. The lowest BCUT2D eigenvalue weighted by molar-refractivity contribution is 0.594. The Morgan fingerprint density at radius 1 is 1.21 bits per heavy atom. The largest absolute Gasteiger partial charge is 0.384 e. The number of hydrogen-bond acceptors (Lipinski definition) is 3. The minimum Gasteiger partial charge on any atom is -0.384 e. The molecule has 0 saturated heterocycles. The van der Waals surface area contributed by atoms with Crippen LogP contribution in [0.15, 0.2) is 29.2 Å². The van der Waals surface area contributed by atoms with Crippen molar-refractivity contribution < 1.29 is 8.42 Å². The van der Waals surface area contributed by atoms with E-state index in [1.54, 1.807) is 24.3 Å². The normalized spacial score (nSPS) is 13.5. The average molecular weight is 304 g/mol. The van der Waals surface area contributed by atoms with Crippen LogP contribution in [0.5, 0.6) is 0 Å². The van der Waals surface area contributed by atoms with Gasteiger partial charge in [-0.1, -0.05) is 20.8 Å². The molecule has 19 heavy (non-hydrogen) atoms. The SMILES string of the molecule is CCCS(=O)(=O)c1ccc(NCC(Cl)C(C)C)cc1. The number of hydrogen-bond donors (Lipinski definition) is 1. The molecule has 0 radical (unpaired) electrons. The van der Waals surface area contributed by atoms with E-state index in [9.17, 15) is 8.42 Å². The molecule has 0 aliphatic carbocycles. The van der Waals surface area contributed by atoms with E-state index in [2.05, 4.69) is 19.2 Å². The molecule has 1 rings (SSSR count). The molecule has 0 aliphatic rings. The summed E-state index contributed by atoms with van der Waals surface area (Å²) in [5.41, 5.74) is 0.891. The molecular weight excluding hydrogens is 282 g/mol. The van der Waals surface area contributed by atoms with Gasteiger partial charge < -0.3 is 5.32 Å². The van der Waals surface area contributed by atoms with Gasteiger partial charge in [-0.25, -0.2) is 8.42 Å². The van der Waals surface area contributed by atoms with E-state index in [-0.39, 0.29) is 11.1 Å². The van der Waals surface area contributed by atoms with E-state index in [4.69, 9.17) is 11.6 Å². The zero-order chi connectivity index (χ0) is 14.5. The number of rotatable bonds is 7. The van der Waals surface area contributed by atoms with Crippen LogP contribution in [0.2, 0.25) is 0 Å². The van der Waals surface area contributed by atoms with Gasteiger partial charge in [0.1, 0.15) is 0 Å². The molecule has 3 nitrogen and oxygen atoms in total. The molecule has 0 spiro atoms. The van der Waals surface area contributed by atoms with Crippen molar-refractivity contribution in [2.24, 2.45) is 5.92 Å². The van der Waals surface area contributed by atoms with Crippen molar-refractivity contribution in [1.82, 2.24) is 0 Å². The van der Waals surface area contributed by atoms with Crippen LogP contribution in [0.4, 0.5) is 5.69 Å². The predicted molar refractivity (Wildman–Crippen MR) is 81.8 cm³/mol. The third-order valence-electron chi connectivity index (χ3n) is 2.91. The Morgan fingerprint density at radius 3 is 2.26 bits per heavy atom. The van der Waals surface area contributed by atoms with Gasteiger partial charge in [-0.05, 0) is 36.6 Å². The van der Waals surface area contributed by atoms with Crippen LogP contribution < -0.4 is 5.32 Å². The van der Waals surface area contributed by atoms with Gasteiger partial charge in [0.2, 0.25) is 0 Å². The van der Waals surface area contributed by atoms with Crippen molar-refractivity contribution in [2.75, 3.05) is 17.6 Å². The second-order valence-electron chi connectivity index (χ2n) is 4.98. The fourth-order valence-electron chi connectivity index (χ4n) is 1.62. The van der Waals surface area contributed by atoms with Gasteiger partial charge in [-0.3, -0.25) is 0 Å². The van der Waals surface area contributed by atoms with Gasteiger partial charge >= 0.3 is 0 Å². The first-order valence-corrected chi connectivity index (χ1v) is 8.66. The Bertz CT molecular complexity index is 483. The highest BCUT2D eigenvalue weighted by atomic mass is 35.5. The predicted octanol–water partition coefficient (Wildman–Crippen LogP) is 3.55. The zero-order valence-electron chi connectivity index (χ0n) is 11.7. The van der Waals surface area contributed by atoms with E-state index < -0.39 is 9.84 Å². The second-order valence-corrected chi connectivity index (χ2v) is 7.65. The topological polar surface area (TPSA) is 46.2 Å². The van der Waals surface area contributed by atoms with Crippen molar-refractivity contribution in [3.63, 3.8) is 0 Å². The highest BCUT2D eigenvalue weighted by Crippen LogP contribution is 2.17. The van der Waals surface area contributed by atoms with Crippen LogP contribution in [-0.2, 0) is 9.84 Å². The van der Waals surface area contributed by atoms with E-state index in [1.165, 1.54) is 0 Å². The highest BCUT2D eigenvalue weighted by molar-refractivity contribution is 7.91. The summed E-state index contributed by atoms with van der Waals surface area (Å²) in [4.78, 5) is 0.381. The molecule has 5 heteroatoms. The smallest absolute Gasteiger partial charge is 0.178 e. The maximum absolute atomic E-state index is 11.9. The van der Waals surface area contributed by atoms with Crippen LogP contribution >= 0.6 is 11.6 Å². The number of anilines is 1. The molecule has 0 aliphatic heterocycles. The lowest BCUT2D eigenvalue weighted by Crippen LogP contribution is -2.19. The van der Waals surface area contributed by atoms with Gasteiger partial charge in [0.15, 0.2) is 9.84 Å². The van der Waals surface area contributed by atoms with Gasteiger partial charge in [-0.15, -0.1) is 11.6 Å². The molecule has 0 heterocycles. The summed E-state index contributed by atoms with van der Waals surface area (Å²) in [6.07, 6.45) is 0.630. The fraction of sp³-hybridized carbons (Fsp3) is 0.571. The molecule has 1 N–H and O–H groups in total. The van der Waals surface area contributed by atoms with Gasteiger partial charge in [0.25, 0.3) is 0 Å². The van der Waals surface area contributed by atoms with Crippen molar-refractivity contribution in [3.8, 4) is 0 Å². The van der Waals surface area contributed by atoms with Crippen LogP contribution in [0.25, 0.3) is 0 Å².